The van der Waals surface area contributed by atoms with Gasteiger partial charge < -0.3 is 19.2 Å². The van der Waals surface area contributed by atoms with E-state index in [2.05, 4.69) is 5.32 Å². The Morgan fingerprint density at radius 2 is 2.17 bits per heavy atom. The minimum atomic E-state index is -0.377. The summed E-state index contributed by atoms with van der Waals surface area (Å²) in [5.41, 5.74) is 0.517. The number of ether oxygens (including phenoxy) is 2. The molecule has 2 aromatic rings. The van der Waals surface area contributed by atoms with Gasteiger partial charge in [-0.1, -0.05) is 6.07 Å². The molecule has 2 heterocycles. The molecule has 5 nitrogen and oxygen atoms in total. The SMILES string of the molecule is Cc1cc(C(=O)NC2CCOCC2Oc2cccc(F)c2)c(C)o1. The Bertz CT molecular complexity index is 728. The fraction of sp³-hybridized carbons (Fsp3) is 0.389. The van der Waals surface area contributed by atoms with Gasteiger partial charge in [0.2, 0.25) is 0 Å². The van der Waals surface area contributed by atoms with Crippen LogP contribution < -0.4 is 10.1 Å². The third kappa shape index (κ3) is 3.76. The summed E-state index contributed by atoms with van der Waals surface area (Å²) < 4.78 is 30.0. The number of carbonyl (C=O) groups excluding carboxylic acids is 1. The fourth-order valence-electron chi connectivity index (χ4n) is 2.81. The summed E-state index contributed by atoms with van der Waals surface area (Å²) in [5, 5.41) is 2.98. The highest BCUT2D eigenvalue weighted by Crippen LogP contribution is 2.20. The standard InChI is InChI=1S/C18H20FNO4/c1-11-8-15(12(2)23-11)18(21)20-16-6-7-22-10-17(16)24-14-5-3-4-13(19)9-14/h3-5,8-9,16-17H,6-7,10H2,1-2H3,(H,20,21). The van der Waals surface area contributed by atoms with Crippen molar-refractivity contribution in [1.29, 1.82) is 0 Å². The van der Waals surface area contributed by atoms with Crippen LogP contribution in [0.1, 0.15) is 28.3 Å². The summed E-state index contributed by atoms with van der Waals surface area (Å²) in [5.74, 6) is 1.12. The minimum Gasteiger partial charge on any atom is -0.486 e. The van der Waals surface area contributed by atoms with E-state index in [4.69, 9.17) is 13.9 Å². The third-order valence-electron chi connectivity index (χ3n) is 3.99. The van der Waals surface area contributed by atoms with Gasteiger partial charge in [-0.2, -0.15) is 0 Å². The first-order valence-electron chi connectivity index (χ1n) is 7.91. The summed E-state index contributed by atoms with van der Waals surface area (Å²) in [6.07, 6.45) is 0.250. The topological polar surface area (TPSA) is 60.7 Å². The molecule has 0 radical (unpaired) electrons. The van der Waals surface area contributed by atoms with Gasteiger partial charge >= 0.3 is 0 Å². The zero-order valence-electron chi connectivity index (χ0n) is 13.7. The summed E-state index contributed by atoms with van der Waals surface area (Å²) in [6.45, 7) is 4.43. The molecule has 1 amide bonds. The molecule has 2 unspecified atom stereocenters. The van der Waals surface area contributed by atoms with Gasteiger partial charge in [0.05, 0.1) is 18.2 Å². The van der Waals surface area contributed by atoms with Crippen LogP contribution in [-0.4, -0.2) is 31.3 Å². The molecule has 0 saturated carbocycles. The normalized spacial score (nSPS) is 20.6. The molecule has 1 saturated heterocycles. The maximum atomic E-state index is 13.3. The second-order valence-corrected chi connectivity index (χ2v) is 5.88. The first-order chi connectivity index (χ1) is 11.5. The second kappa shape index (κ2) is 7.05. The zero-order valence-corrected chi connectivity index (χ0v) is 13.7. The highest BCUT2D eigenvalue weighted by atomic mass is 19.1. The van der Waals surface area contributed by atoms with E-state index in [1.807, 2.05) is 0 Å². The van der Waals surface area contributed by atoms with Gasteiger partial charge in [-0.05, 0) is 38.5 Å². The Hall–Kier alpha value is -2.34. The monoisotopic (exact) mass is 333 g/mol. The van der Waals surface area contributed by atoms with Crippen molar-refractivity contribution in [2.45, 2.75) is 32.4 Å². The van der Waals surface area contributed by atoms with Crippen LogP contribution in [0.3, 0.4) is 0 Å². The molecule has 6 heteroatoms. The van der Waals surface area contributed by atoms with E-state index in [1.165, 1.54) is 12.1 Å². The van der Waals surface area contributed by atoms with Gasteiger partial charge in [0, 0.05) is 12.7 Å². The van der Waals surface area contributed by atoms with Gasteiger partial charge in [0.1, 0.15) is 29.2 Å². The number of rotatable bonds is 4. The maximum Gasteiger partial charge on any atom is 0.255 e. The number of hydrogen-bond donors (Lipinski definition) is 1. The average Bonchev–Trinajstić information content (AvgIpc) is 2.88. The molecule has 24 heavy (non-hydrogen) atoms. The van der Waals surface area contributed by atoms with E-state index < -0.39 is 0 Å². The van der Waals surface area contributed by atoms with E-state index in [-0.39, 0.29) is 23.9 Å². The first kappa shape index (κ1) is 16.5. The average molecular weight is 333 g/mol. The van der Waals surface area contributed by atoms with Gasteiger partial charge in [0.15, 0.2) is 0 Å². The summed E-state index contributed by atoms with van der Waals surface area (Å²) in [6, 6.07) is 7.43. The van der Waals surface area contributed by atoms with Crippen molar-refractivity contribution in [3.63, 3.8) is 0 Å². The molecule has 0 aliphatic carbocycles. The number of furan rings is 1. The smallest absolute Gasteiger partial charge is 0.255 e. The summed E-state index contributed by atoms with van der Waals surface area (Å²) in [7, 11) is 0. The van der Waals surface area contributed by atoms with Crippen LogP contribution in [0.25, 0.3) is 0 Å². The Kier molecular flexibility index (Phi) is 4.85. The molecule has 128 valence electrons. The number of aryl methyl sites for hydroxylation is 2. The van der Waals surface area contributed by atoms with Crippen molar-refractivity contribution < 1.29 is 23.1 Å². The largest absolute Gasteiger partial charge is 0.486 e. The molecule has 1 N–H and O–H groups in total. The van der Waals surface area contributed by atoms with E-state index in [0.29, 0.717) is 42.5 Å². The molecule has 3 rings (SSSR count). The van der Waals surface area contributed by atoms with Crippen LogP contribution in [0, 0.1) is 19.7 Å². The number of benzene rings is 1. The van der Waals surface area contributed by atoms with E-state index in [1.54, 1.807) is 32.0 Å². The molecule has 1 fully saturated rings. The molecule has 1 aliphatic heterocycles. The molecule has 1 aliphatic rings. The van der Waals surface area contributed by atoms with Crippen LogP contribution in [0.2, 0.25) is 0 Å². The zero-order chi connectivity index (χ0) is 17.1. The van der Waals surface area contributed by atoms with Crippen molar-refractivity contribution in [2.24, 2.45) is 0 Å². The van der Waals surface area contributed by atoms with Crippen LogP contribution in [0.5, 0.6) is 5.75 Å². The number of nitrogens with one attached hydrogen (secondary N) is 1. The Labute approximate surface area is 139 Å². The molecule has 1 aromatic carbocycles. The lowest BCUT2D eigenvalue weighted by molar-refractivity contribution is -0.0136. The third-order valence-corrected chi connectivity index (χ3v) is 3.99. The first-order valence-corrected chi connectivity index (χ1v) is 7.91. The highest BCUT2D eigenvalue weighted by molar-refractivity contribution is 5.95. The van der Waals surface area contributed by atoms with Gasteiger partial charge in [-0.25, -0.2) is 4.39 Å². The lowest BCUT2D eigenvalue weighted by Gasteiger charge is -2.32. The predicted molar refractivity (Wildman–Crippen MR) is 85.7 cm³/mol. The van der Waals surface area contributed by atoms with Gasteiger partial charge in [0.25, 0.3) is 5.91 Å². The van der Waals surface area contributed by atoms with Crippen molar-refractivity contribution in [3.8, 4) is 5.75 Å². The Balaban J connectivity index is 1.70. The number of amides is 1. The Morgan fingerprint density at radius 1 is 1.33 bits per heavy atom. The molecule has 0 bridgehead atoms. The van der Waals surface area contributed by atoms with E-state index >= 15 is 0 Å². The lowest BCUT2D eigenvalue weighted by atomic mass is 10.1. The Morgan fingerprint density at radius 3 is 2.88 bits per heavy atom. The minimum absolute atomic E-state index is 0.205. The predicted octanol–water partition coefficient (Wildman–Crippen LogP) is 3.00. The van der Waals surface area contributed by atoms with Gasteiger partial charge in [-0.3, -0.25) is 4.79 Å². The van der Waals surface area contributed by atoms with Crippen molar-refractivity contribution in [3.05, 3.63) is 53.2 Å². The maximum absolute atomic E-state index is 13.3. The highest BCUT2D eigenvalue weighted by Gasteiger charge is 2.30. The van der Waals surface area contributed by atoms with E-state index in [0.717, 1.165) is 0 Å². The van der Waals surface area contributed by atoms with Crippen LogP contribution >= 0.6 is 0 Å². The van der Waals surface area contributed by atoms with Gasteiger partial charge in [-0.15, -0.1) is 0 Å². The summed E-state index contributed by atoms with van der Waals surface area (Å²) >= 11 is 0. The summed E-state index contributed by atoms with van der Waals surface area (Å²) in [4.78, 5) is 12.5. The molecule has 1 aromatic heterocycles. The van der Waals surface area contributed by atoms with Crippen molar-refractivity contribution in [2.75, 3.05) is 13.2 Å². The number of carbonyl (C=O) groups is 1. The van der Waals surface area contributed by atoms with Crippen molar-refractivity contribution >= 4 is 5.91 Å². The quantitative estimate of drug-likeness (QED) is 0.934. The van der Waals surface area contributed by atoms with Crippen LogP contribution in [-0.2, 0) is 4.74 Å². The number of hydrogen-bond acceptors (Lipinski definition) is 4. The molecular weight excluding hydrogens is 313 g/mol. The molecule has 0 spiro atoms. The second-order valence-electron chi connectivity index (χ2n) is 5.88. The van der Waals surface area contributed by atoms with Crippen molar-refractivity contribution in [1.82, 2.24) is 5.32 Å². The van der Waals surface area contributed by atoms with Crippen LogP contribution in [0.15, 0.2) is 34.7 Å². The van der Waals surface area contributed by atoms with E-state index in [9.17, 15) is 9.18 Å². The lowest BCUT2D eigenvalue weighted by Crippen LogP contribution is -2.51. The number of halogens is 1. The molecular formula is C18H20FNO4. The fourth-order valence-corrected chi connectivity index (χ4v) is 2.81. The molecule has 2 atom stereocenters. The van der Waals surface area contributed by atoms with Crippen LogP contribution in [0.4, 0.5) is 4.39 Å².